The number of aliphatic imine (C=N–C) groups is 1. The van der Waals surface area contributed by atoms with E-state index in [1.165, 1.54) is 0 Å². The number of hydrogen-bond donors (Lipinski definition) is 1. The van der Waals surface area contributed by atoms with E-state index in [0.717, 1.165) is 62.5 Å². The van der Waals surface area contributed by atoms with E-state index < -0.39 is 0 Å². The second-order valence-electron chi connectivity index (χ2n) is 6.97. The zero-order valence-corrected chi connectivity index (χ0v) is 16.9. The maximum atomic E-state index is 10.6. The number of hydrogen-bond acceptors (Lipinski definition) is 5. The molecule has 0 unspecified atom stereocenters. The Balaban J connectivity index is 2.73. The molecule has 0 radical (unpaired) electrons. The lowest BCUT2D eigenvalue weighted by Crippen LogP contribution is -2.32. The molecule has 5 nitrogen and oxygen atoms in total. The minimum atomic E-state index is 0.355. The first-order valence-electron chi connectivity index (χ1n) is 9.25. The van der Waals surface area contributed by atoms with Crippen LogP contribution in [0.25, 0.3) is 0 Å². The number of aryl methyl sites for hydroxylation is 1. The van der Waals surface area contributed by atoms with Gasteiger partial charge in [-0.3, -0.25) is 4.99 Å². The van der Waals surface area contributed by atoms with Gasteiger partial charge < -0.3 is 19.8 Å². The lowest BCUT2D eigenvalue weighted by molar-refractivity contribution is 0.235. The van der Waals surface area contributed by atoms with Crippen LogP contribution in [0.1, 0.15) is 30.5 Å². The highest BCUT2D eigenvalue weighted by Gasteiger charge is 2.10. The zero-order valence-electron chi connectivity index (χ0n) is 16.9. The zero-order chi connectivity index (χ0) is 18.8. The van der Waals surface area contributed by atoms with Crippen LogP contribution in [0, 0.1) is 6.92 Å². The summed E-state index contributed by atoms with van der Waals surface area (Å²) in [5, 5.41) is 10.6. The molecule has 5 heteroatoms. The lowest BCUT2D eigenvalue weighted by Gasteiger charge is -2.23. The Morgan fingerprint density at radius 3 is 2.32 bits per heavy atom. The van der Waals surface area contributed by atoms with Crippen LogP contribution < -0.4 is 0 Å². The second kappa shape index (κ2) is 11.2. The van der Waals surface area contributed by atoms with Crippen LogP contribution in [0.3, 0.4) is 0 Å². The second-order valence-corrected chi connectivity index (χ2v) is 6.97. The molecule has 0 spiro atoms. The summed E-state index contributed by atoms with van der Waals surface area (Å²) in [6.07, 6.45) is 1.80. The molecule has 0 aliphatic rings. The van der Waals surface area contributed by atoms with Gasteiger partial charge in [-0.05, 0) is 52.8 Å². The molecule has 0 aliphatic heterocycles. The average molecular weight is 349 g/mol. The maximum absolute atomic E-state index is 10.6. The molecule has 0 saturated heterocycles. The van der Waals surface area contributed by atoms with Crippen molar-refractivity contribution in [1.82, 2.24) is 14.7 Å². The first kappa shape index (κ1) is 21.6. The number of nitrogens with zero attached hydrogens (tertiary/aromatic N) is 4. The van der Waals surface area contributed by atoms with Gasteiger partial charge in [0, 0.05) is 43.5 Å². The highest BCUT2D eigenvalue weighted by Crippen LogP contribution is 2.24. The van der Waals surface area contributed by atoms with Crippen LogP contribution >= 0.6 is 0 Å². The van der Waals surface area contributed by atoms with Crippen molar-refractivity contribution < 1.29 is 5.11 Å². The number of phenols is 1. The van der Waals surface area contributed by atoms with Crippen LogP contribution in [0.4, 0.5) is 0 Å². The summed E-state index contributed by atoms with van der Waals surface area (Å²) < 4.78 is 0. The van der Waals surface area contributed by atoms with E-state index in [9.17, 15) is 5.11 Å². The lowest BCUT2D eigenvalue weighted by atomic mass is 10.0. The molecule has 0 atom stereocenters. The Kier molecular flexibility index (Phi) is 9.71. The SMILES string of the molecule is CCN(CC)CCN(C)Cc1cc(C)cc(C=NCCN(C)C)c1O. The van der Waals surface area contributed by atoms with Gasteiger partial charge in [-0.1, -0.05) is 19.9 Å². The number of likely N-dealkylation sites (N-methyl/N-ethyl adjacent to an activating group) is 3. The topological polar surface area (TPSA) is 42.3 Å². The standard InChI is InChI=1S/C20H36N4O/c1-7-24(8-2)12-11-23(6)16-19-14-17(3)13-18(20(19)25)15-21-9-10-22(4)5/h13-15,25H,7-12,16H2,1-6H3. The molecule has 0 heterocycles. The van der Waals surface area contributed by atoms with Crippen molar-refractivity contribution in [2.45, 2.75) is 27.3 Å². The van der Waals surface area contributed by atoms with Gasteiger partial charge in [-0.25, -0.2) is 0 Å². The Morgan fingerprint density at radius 2 is 1.72 bits per heavy atom. The summed E-state index contributed by atoms with van der Waals surface area (Å²) in [4.78, 5) is 11.2. The van der Waals surface area contributed by atoms with E-state index in [1.807, 2.05) is 20.2 Å². The minimum Gasteiger partial charge on any atom is -0.507 e. The van der Waals surface area contributed by atoms with Gasteiger partial charge in [0.25, 0.3) is 0 Å². The number of rotatable bonds is 11. The van der Waals surface area contributed by atoms with Crippen molar-refractivity contribution in [2.75, 3.05) is 60.4 Å². The average Bonchev–Trinajstić information content (AvgIpc) is 2.56. The molecule has 0 saturated carbocycles. The van der Waals surface area contributed by atoms with Gasteiger partial charge in [-0.15, -0.1) is 0 Å². The van der Waals surface area contributed by atoms with E-state index >= 15 is 0 Å². The summed E-state index contributed by atoms with van der Waals surface area (Å²) in [6, 6.07) is 4.06. The number of benzene rings is 1. The molecular formula is C20H36N4O. The molecule has 1 rings (SSSR count). The molecule has 0 bridgehead atoms. The Morgan fingerprint density at radius 1 is 1.04 bits per heavy atom. The highest BCUT2D eigenvalue weighted by atomic mass is 16.3. The fraction of sp³-hybridized carbons (Fsp3) is 0.650. The summed E-state index contributed by atoms with van der Waals surface area (Å²) in [6.45, 7) is 13.0. The molecule has 1 aromatic carbocycles. The predicted octanol–water partition coefficient (Wildman–Crippen LogP) is 2.45. The smallest absolute Gasteiger partial charge is 0.128 e. The van der Waals surface area contributed by atoms with Crippen molar-refractivity contribution in [2.24, 2.45) is 4.99 Å². The Hall–Kier alpha value is -1.43. The van der Waals surface area contributed by atoms with E-state index in [1.54, 1.807) is 6.21 Å². The largest absolute Gasteiger partial charge is 0.507 e. The van der Waals surface area contributed by atoms with Crippen molar-refractivity contribution >= 4 is 6.21 Å². The van der Waals surface area contributed by atoms with E-state index in [0.29, 0.717) is 5.75 Å². The molecule has 0 aliphatic carbocycles. The van der Waals surface area contributed by atoms with Crippen LogP contribution in [-0.4, -0.2) is 86.4 Å². The van der Waals surface area contributed by atoms with Gasteiger partial charge in [-0.2, -0.15) is 0 Å². The molecule has 142 valence electrons. The molecule has 1 N–H and O–H groups in total. The van der Waals surface area contributed by atoms with Crippen molar-refractivity contribution in [1.29, 1.82) is 0 Å². The summed E-state index contributed by atoms with van der Waals surface area (Å²) in [5.74, 6) is 0.355. The predicted molar refractivity (Wildman–Crippen MR) is 108 cm³/mol. The molecule has 0 fully saturated rings. The molecule has 0 aromatic heterocycles. The third-order valence-corrected chi connectivity index (χ3v) is 4.40. The summed E-state index contributed by atoms with van der Waals surface area (Å²) in [7, 11) is 6.17. The maximum Gasteiger partial charge on any atom is 0.128 e. The third kappa shape index (κ3) is 7.99. The van der Waals surface area contributed by atoms with E-state index in [2.05, 4.69) is 53.6 Å². The van der Waals surface area contributed by atoms with Gasteiger partial charge in [0.15, 0.2) is 0 Å². The first-order valence-corrected chi connectivity index (χ1v) is 9.25. The quantitative estimate of drug-likeness (QED) is 0.624. The van der Waals surface area contributed by atoms with Crippen LogP contribution in [0.5, 0.6) is 5.75 Å². The summed E-state index contributed by atoms with van der Waals surface area (Å²) >= 11 is 0. The van der Waals surface area contributed by atoms with Crippen molar-refractivity contribution in [3.8, 4) is 5.75 Å². The monoisotopic (exact) mass is 348 g/mol. The summed E-state index contributed by atoms with van der Waals surface area (Å²) in [5.41, 5.74) is 2.93. The van der Waals surface area contributed by atoms with E-state index in [-0.39, 0.29) is 0 Å². The van der Waals surface area contributed by atoms with Gasteiger partial charge in [0.05, 0.1) is 6.54 Å². The highest BCUT2D eigenvalue weighted by molar-refractivity contribution is 5.84. The molecule has 1 aromatic rings. The van der Waals surface area contributed by atoms with Crippen LogP contribution in [0.2, 0.25) is 0 Å². The fourth-order valence-electron chi connectivity index (χ4n) is 2.75. The fourth-order valence-corrected chi connectivity index (χ4v) is 2.75. The van der Waals surface area contributed by atoms with Gasteiger partial charge >= 0.3 is 0 Å². The van der Waals surface area contributed by atoms with Crippen LogP contribution in [0.15, 0.2) is 17.1 Å². The number of phenolic OH excluding ortho intramolecular Hbond substituents is 1. The van der Waals surface area contributed by atoms with Crippen molar-refractivity contribution in [3.05, 3.63) is 28.8 Å². The van der Waals surface area contributed by atoms with Gasteiger partial charge in [0.1, 0.15) is 5.75 Å². The minimum absolute atomic E-state index is 0.355. The first-order chi connectivity index (χ1) is 11.9. The Labute approximate surface area is 154 Å². The normalized spacial score (nSPS) is 12.2. The van der Waals surface area contributed by atoms with Crippen LogP contribution in [-0.2, 0) is 6.54 Å². The molecule has 25 heavy (non-hydrogen) atoms. The van der Waals surface area contributed by atoms with E-state index in [4.69, 9.17) is 0 Å². The third-order valence-electron chi connectivity index (χ3n) is 4.40. The molecular weight excluding hydrogens is 312 g/mol. The Bertz CT molecular complexity index is 539. The number of aromatic hydroxyl groups is 1. The van der Waals surface area contributed by atoms with Crippen molar-refractivity contribution in [3.63, 3.8) is 0 Å². The molecule has 0 amide bonds. The van der Waals surface area contributed by atoms with Gasteiger partial charge in [0.2, 0.25) is 0 Å².